The van der Waals surface area contributed by atoms with E-state index in [0.717, 1.165) is 49.2 Å². The summed E-state index contributed by atoms with van der Waals surface area (Å²) in [6.07, 6.45) is 6.94. The molecular weight excluding hydrogens is 418 g/mol. The van der Waals surface area contributed by atoms with Gasteiger partial charge >= 0.3 is 0 Å². The molecule has 1 N–H and O–H groups in total. The average Bonchev–Trinajstić information content (AvgIpc) is 2.90. The summed E-state index contributed by atoms with van der Waals surface area (Å²) in [7, 11) is 0. The smallest absolute Gasteiger partial charge is 0.221 e. The number of nitrogens with one attached hydrogen (secondary N) is 1. The summed E-state index contributed by atoms with van der Waals surface area (Å²) in [5, 5.41) is 12.2. The lowest BCUT2D eigenvalue weighted by molar-refractivity contribution is -0.122. The second-order valence-corrected chi connectivity index (χ2v) is 8.91. The van der Waals surface area contributed by atoms with Crippen LogP contribution in [0.25, 0.3) is 6.08 Å². The van der Waals surface area contributed by atoms with E-state index < -0.39 is 0 Å². The van der Waals surface area contributed by atoms with Gasteiger partial charge in [0.05, 0.1) is 17.7 Å². The molecule has 0 bridgehead atoms. The molecule has 1 amide bonds. The fraction of sp³-hybridized carbons (Fsp3) is 0.267. The number of benzene rings is 3. The number of carbonyl (C=O) groups excluding carboxylic acids is 1. The fourth-order valence-electron chi connectivity index (χ4n) is 4.51. The van der Waals surface area contributed by atoms with Crippen molar-refractivity contribution in [2.24, 2.45) is 5.92 Å². The quantitative estimate of drug-likeness (QED) is 0.488. The van der Waals surface area contributed by atoms with Crippen LogP contribution in [-0.4, -0.2) is 30.4 Å². The van der Waals surface area contributed by atoms with Gasteiger partial charge in [-0.1, -0.05) is 84.9 Å². The van der Waals surface area contributed by atoms with Gasteiger partial charge in [-0.25, -0.2) is 0 Å². The standard InChI is InChI=1S/C30H31N3O/c31-23-26-15-13-24(14-16-26)8-7-19-33-20-17-25(18-21-33)22-29(34)32-30(27-9-3-1-4-10-27)28-11-5-2-6-12-28/h1-16,25,30H,17-22H2,(H,32,34)/b8-7+. The Morgan fingerprint density at radius 2 is 1.53 bits per heavy atom. The number of amides is 1. The molecule has 1 heterocycles. The van der Waals surface area contributed by atoms with Crippen LogP contribution in [0.4, 0.5) is 0 Å². The molecule has 0 saturated carbocycles. The number of nitriles is 1. The molecule has 0 atom stereocenters. The first-order valence-electron chi connectivity index (χ1n) is 12.0. The molecule has 34 heavy (non-hydrogen) atoms. The highest BCUT2D eigenvalue weighted by molar-refractivity contribution is 5.77. The van der Waals surface area contributed by atoms with Crippen LogP contribution >= 0.6 is 0 Å². The molecule has 0 radical (unpaired) electrons. The van der Waals surface area contributed by atoms with Crippen molar-refractivity contribution in [3.8, 4) is 6.07 Å². The Labute approximate surface area is 202 Å². The maximum Gasteiger partial charge on any atom is 0.221 e. The van der Waals surface area contributed by atoms with Crippen molar-refractivity contribution in [3.05, 3.63) is 113 Å². The van der Waals surface area contributed by atoms with Crippen molar-refractivity contribution >= 4 is 12.0 Å². The third kappa shape index (κ3) is 6.66. The number of nitrogens with zero attached hydrogens (tertiary/aromatic N) is 2. The SMILES string of the molecule is N#Cc1ccc(/C=C/CN2CCC(CC(=O)NC(c3ccccc3)c3ccccc3)CC2)cc1. The van der Waals surface area contributed by atoms with Crippen molar-refractivity contribution in [1.29, 1.82) is 5.26 Å². The lowest BCUT2D eigenvalue weighted by Gasteiger charge is -2.31. The molecule has 1 aliphatic rings. The highest BCUT2D eigenvalue weighted by atomic mass is 16.1. The highest BCUT2D eigenvalue weighted by Crippen LogP contribution is 2.24. The summed E-state index contributed by atoms with van der Waals surface area (Å²) in [6.45, 7) is 2.93. The van der Waals surface area contributed by atoms with E-state index in [1.165, 1.54) is 0 Å². The van der Waals surface area contributed by atoms with Gasteiger partial charge < -0.3 is 5.32 Å². The second kappa shape index (κ2) is 12.0. The first kappa shape index (κ1) is 23.5. The summed E-state index contributed by atoms with van der Waals surface area (Å²) in [6, 6.07) is 30.0. The summed E-state index contributed by atoms with van der Waals surface area (Å²) in [5.41, 5.74) is 4.00. The third-order valence-electron chi connectivity index (χ3n) is 6.47. The van der Waals surface area contributed by atoms with Gasteiger partial charge in [-0.2, -0.15) is 5.26 Å². The van der Waals surface area contributed by atoms with Crippen LogP contribution in [-0.2, 0) is 4.79 Å². The minimum absolute atomic E-state index is 0.122. The van der Waals surface area contributed by atoms with Gasteiger partial charge in [0.2, 0.25) is 5.91 Å². The number of carbonyl (C=O) groups is 1. The van der Waals surface area contributed by atoms with E-state index >= 15 is 0 Å². The summed E-state index contributed by atoms with van der Waals surface area (Å²) in [4.78, 5) is 15.4. The van der Waals surface area contributed by atoms with Gasteiger partial charge in [0.1, 0.15) is 0 Å². The number of likely N-dealkylation sites (tertiary alicyclic amines) is 1. The van der Waals surface area contributed by atoms with Gasteiger partial charge in [0.15, 0.2) is 0 Å². The maximum absolute atomic E-state index is 13.0. The Bertz CT molecular complexity index is 1070. The molecule has 4 heteroatoms. The number of hydrogen-bond acceptors (Lipinski definition) is 3. The normalized spacial score (nSPS) is 14.8. The molecule has 1 fully saturated rings. The average molecular weight is 450 g/mol. The van der Waals surface area contributed by atoms with Crippen LogP contribution in [0, 0.1) is 17.2 Å². The Hall–Kier alpha value is -3.68. The van der Waals surface area contributed by atoms with Crippen LogP contribution < -0.4 is 5.32 Å². The van der Waals surface area contributed by atoms with Crippen LogP contribution in [0.3, 0.4) is 0 Å². The van der Waals surface area contributed by atoms with Crippen molar-refractivity contribution in [1.82, 2.24) is 10.2 Å². The summed E-state index contributed by atoms with van der Waals surface area (Å²) < 4.78 is 0. The maximum atomic E-state index is 13.0. The number of rotatable bonds is 8. The van der Waals surface area contributed by atoms with Gasteiger partial charge in [-0.05, 0) is 60.7 Å². The van der Waals surface area contributed by atoms with E-state index in [4.69, 9.17) is 5.26 Å². The van der Waals surface area contributed by atoms with Crippen molar-refractivity contribution in [3.63, 3.8) is 0 Å². The molecular formula is C30H31N3O. The van der Waals surface area contributed by atoms with Crippen molar-refractivity contribution in [2.45, 2.75) is 25.3 Å². The molecule has 3 aromatic rings. The molecule has 0 aromatic heterocycles. The predicted octanol–water partition coefficient (Wildman–Crippen LogP) is 5.58. The van der Waals surface area contributed by atoms with Crippen molar-refractivity contribution in [2.75, 3.05) is 19.6 Å². The molecule has 1 saturated heterocycles. The van der Waals surface area contributed by atoms with E-state index in [0.29, 0.717) is 17.9 Å². The van der Waals surface area contributed by atoms with E-state index in [1.807, 2.05) is 60.7 Å². The first-order valence-corrected chi connectivity index (χ1v) is 12.0. The monoisotopic (exact) mass is 449 g/mol. The molecule has 1 aliphatic heterocycles. The minimum atomic E-state index is -0.123. The zero-order valence-electron chi connectivity index (χ0n) is 19.4. The Morgan fingerprint density at radius 3 is 2.09 bits per heavy atom. The molecule has 0 aliphatic carbocycles. The number of piperidine rings is 1. The lowest BCUT2D eigenvalue weighted by Crippen LogP contribution is -2.36. The summed E-state index contributed by atoms with van der Waals surface area (Å²) in [5.74, 6) is 0.544. The van der Waals surface area contributed by atoms with Gasteiger partial charge in [0, 0.05) is 13.0 Å². The highest BCUT2D eigenvalue weighted by Gasteiger charge is 2.23. The molecule has 0 spiro atoms. The van der Waals surface area contributed by atoms with Crippen LogP contribution in [0.1, 0.15) is 47.6 Å². The minimum Gasteiger partial charge on any atom is -0.345 e. The molecule has 172 valence electrons. The topological polar surface area (TPSA) is 56.1 Å². The van der Waals surface area contributed by atoms with Gasteiger partial charge in [-0.15, -0.1) is 0 Å². The van der Waals surface area contributed by atoms with E-state index in [9.17, 15) is 4.79 Å². The molecule has 3 aromatic carbocycles. The van der Waals surface area contributed by atoms with Gasteiger partial charge in [-0.3, -0.25) is 9.69 Å². The van der Waals surface area contributed by atoms with Gasteiger partial charge in [0.25, 0.3) is 0 Å². The largest absolute Gasteiger partial charge is 0.345 e. The zero-order valence-corrected chi connectivity index (χ0v) is 19.4. The zero-order chi connectivity index (χ0) is 23.6. The van der Waals surface area contributed by atoms with E-state index in [2.05, 4.69) is 52.7 Å². The Balaban J connectivity index is 1.25. The third-order valence-corrected chi connectivity index (χ3v) is 6.47. The van der Waals surface area contributed by atoms with E-state index in [-0.39, 0.29) is 11.9 Å². The molecule has 0 unspecified atom stereocenters. The fourth-order valence-corrected chi connectivity index (χ4v) is 4.51. The van der Waals surface area contributed by atoms with Crippen molar-refractivity contribution < 1.29 is 4.79 Å². The number of hydrogen-bond donors (Lipinski definition) is 1. The second-order valence-electron chi connectivity index (χ2n) is 8.91. The van der Waals surface area contributed by atoms with Crippen LogP contribution in [0.15, 0.2) is 91.0 Å². The Morgan fingerprint density at radius 1 is 0.941 bits per heavy atom. The van der Waals surface area contributed by atoms with Crippen LogP contribution in [0.5, 0.6) is 0 Å². The van der Waals surface area contributed by atoms with Crippen LogP contribution in [0.2, 0.25) is 0 Å². The molecule has 4 rings (SSSR count). The lowest BCUT2D eigenvalue weighted by atomic mass is 9.92. The Kier molecular flexibility index (Phi) is 8.27. The predicted molar refractivity (Wildman–Crippen MR) is 137 cm³/mol. The molecule has 4 nitrogen and oxygen atoms in total. The first-order chi connectivity index (χ1) is 16.7. The van der Waals surface area contributed by atoms with E-state index in [1.54, 1.807) is 0 Å². The summed E-state index contributed by atoms with van der Waals surface area (Å²) >= 11 is 0.